The largest absolute Gasteiger partial charge is 1.00 e. The molecule has 35 heavy (non-hydrogen) atoms. The van der Waals surface area contributed by atoms with Gasteiger partial charge in [-0.1, -0.05) is 104 Å². The minimum absolute atomic E-state index is 0. The summed E-state index contributed by atoms with van der Waals surface area (Å²) in [5.74, 6) is -0.818. The Labute approximate surface area is 239 Å². The molecule has 0 aliphatic rings. The van der Waals surface area contributed by atoms with Crippen molar-refractivity contribution < 1.29 is 66.6 Å². The van der Waals surface area contributed by atoms with Gasteiger partial charge in [0.1, 0.15) is 12.1 Å². The first-order chi connectivity index (χ1) is 16.2. The zero-order chi connectivity index (χ0) is 26.5. The molecule has 8 nitrogen and oxygen atoms in total. The quantitative estimate of drug-likeness (QED) is 0.0552. The second kappa shape index (κ2) is 36.2. The van der Waals surface area contributed by atoms with Crippen molar-refractivity contribution in [3.63, 3.8) is 0 Å². The van der Waals surface area contributed by atoms with Gasteiger partial charge in [0.15, 0.2) is 0 Å². The van der Waals surface area contributed by atoms with Gasteiger partial charge >= 0.3 is 29.6 Å². The molecule has 0 heterocycles. The van der Waals surface area contributed by atoms with Crippen LogP contribution in [-0.2, 0) is 34.6 Å². The van der Waals surface area contributed by atoms with E-state index in [1.165, 1.54) is 77.0 Å². The molecule has 0 aromatic rings. The molecule has 2 unspecified atom stereocenters. The van der Waals surface area contributed by atoms with E-state index in [9.17, 15) is 27.9 Å². The number of hydrogen-bond donors (Lipinski definition) is 2. The fourth-order valence-electron chi connectivity index (χ4n) is 3.05. The molecule has 0 saturated heterocycles. The van der Waals surface area contributed by atoms with Gasteiger partial charge < -0.3 is 14.7 Å². The predicted octanol–water partition coefficient (Wildman–Crippen LogP) is 2.29. The van der Waals surface area contributed by atoms with Gasteiger partial charge in [-0.25, -0.2) is 8.42 Å². The normalized spacial score (nSPS) is 11.5. The van der Waals surface area contributed by atoms with E-state index in [1.54, 1.807) is 0 Å². The maximum Gasteiger partial charge on any atom is 1.00 e. The molecule has 0 amide bonds. The van der Waals surface area contributed by atoms with Crippen LogP contribution in [0.5, 0.6) is 0 Å². The number of Topliss-reactive ketones (excluding diaryl/α,β-unsaturated/α-hetero) is 1. The van der Waals surface area contributed by atoms with Gasteiger partial charge in [-0.05, 0) is 19.3 Å². The summed E-state index contributed by atoms with van der Waals surface area (Å²) in [6.45, 7) is 4.43. The van der Waals surface area contributed by atoms with E-state index in [2.05, 4.69) is 13.8 Å². The Balaban J connectivity index is -0.000000219. The van der Waals surface area contributed by atoms with Crippen LogP contribution in [0.2, 0.25) is 0 Å². The van der Waals surface area contributed by atoms with Crippen LogP contribution in [0, 0.1) is 0 Å². The number of aldehydes is 1. The summed E-state index contributed by atoms with van der Waals surface area (Å²) in [7, 11) is -5.18. The van der Waals surface area contributed by atoms with Crippen LogP contribution < -0.4 is 34.7 Å². The van der Waals surface area contributed by atoms with Crippen LogP contribution in [0.25, 0.3) is 0 Å². The minimum Gasteiger partial charge on any atom is -0.550 e. The number of carboxylic acid groups (broad SMARTS) is 1. The van der Waals surface area contributed by atoms with Crippen LogP contribution in [-0.4, -0.2) is 35.6 Å². The molecule has 2 N–H and O–H groups in total. The first kappa shape index (κ1) is 42.1. The van der Waals surface area contributed by atoms with Crippen molar-refractivity contribution in [2.24, 2.45) is 0 Å². The minimum atomic E-state index is -2.59. The Morgan fingerprint density at radius 1 is 0.657 bits per heavy atom. The van der Waals surface area contributed by atoms with Gasteiger partial charge in [0.2, 0.25) is 0 Å². The molecule has 0 bridgehead atoms. The number of hydrogen-bond acceptors (Lipinski definition) is 6. The number of carbonyl (C=O) groups excluding carboxylic acids is 3. The summed E-state index contributed by atoms with van der Waals surface area (Å²) in [5.41, 5.74) is 0. The monoisotopic (exact) mass is 550 g/mol. The second-order valence-electron chi connectivity index (χ2n) is 8.17. The topological polar surface area (TPSA) is 149 Å². The summed E-state index contributed by atoms with van der Waals surface area (Å²) in [5, 5.41) is 10.1. The van der Waals surface area contributed by atoms with E-state index in [0.717, 1.165) is 25.7 Å². The maximum absolute atomic E-state index is 10.9. The first-order valence-electron chi connectivity index (χ1n) is 12.6. The molecule has 0 fully saturated rings. The van der Waals surface area contributed by atoms with E-state index in [-0.39, 0.29) is 48.2 Å². The van der Waals surface area contributed by atoms with Crippen LogP contribution >= 0.6 is 0 Å². The van der Waals surface area contributed by atoms with Crippen molar-refractivity contribution in [2.75, 3.05) is 0 Å². The van der Waals surface area contributed by atoms with E-state index >= 15 is 0 Å². The van der Waals surface area contributed by atoms with Gasteiger partial charge in [-0.3, -0.25) is 13.9 Å². The molecule has 204 valence electrons. The van der Waals surface area contributed by atoms with Crippen molar-refractivity contribution in [3.05, 3.63) is 0 Å². The molecular formula is C24H47NaO8S2. The average Bonchev–Trinajstić information content (AvgIpc) is 2.78. The van der Waals surface area contributed by atoms with Crippen LogP contribution in [0.4, 0.5) is 0 Å². The molecule has 0 aromatic heterocycles. The van der Waals surface area contributed by atoms with E-state index < -0.39 is 26.2 Å². The summed E-state index contributed by atoms with van der Waals surface area (Å²) >= 11 is 0. The molecule has 0 aromatic carbocycles. The van der Waals surface area contributed by atoms with Crippen molar-refractivity contribution in [3.8, 4) is 0 Å². The Bertz CT molecular complexity index is 522. The van der Waals surface area contributed by atoms with Crippen molar-refractivity contribution in [1.29, 1.82) is 0 Å². The molecule has 0 aliphatic carbocycles. The third kappa shape index (κ3) is 47.8. The molecule has 0 radical (unpaired) electrons. The van der Waals surface area contributed by atoms with Gasteiger partial charge in [-0.15, -0.1) is 0 Å². The fourth-order valence-corrected chi connectivity index (χ4v) is 3.05. The van der Waals surface area contributed by atoms with E-state index in [4.69, 9.17) is 9.11 Å². The fraction of sp³-hybridized carbons (Fsp3) is 0.875. The number of carbonyl (C=O) groups is 3. The molecule has 0 spiro atoms. The van der Waals surface area contributed by atoms with Gasteiger partial charge in [-0.2, -0.15) is 0 Å². The van der Waals surface area contributed by atoms with Crippen LogP contribution in [0.3, 0.4) is 0 Å². The summed E-state index contributed by atoms with van der Waals surface area (Å²) < 4.78 is 33.6. The van der Waals surface area contributed by atoms with E-state index in [1.807, 2.05) is 0 Å². The maximum atomic E-state index is 10.9. The third-order valence-electron chi connectivity index (χ3n) is 4.98. The summed E-state index contributed by atoms with van der Waals surface area (Å²) in [6, 6.07) is 0. The molecule has 0 saturated carbocycles. The number of unbranched alkanes of at least 4 members (excludes halogenated alkanes) is 14. The Morgan fingerprint density at radius 2 is 0.971 bits per heavy atom. The smallest absolute Gasteiger partial charge is 0.550 e. The Kier molecular flexibility index (Phi) is 43.6. The second-order valence-corrected chi connectivity index (χ2v) is 10.7. The number of ketones is 1. The SMILES string of the molecule is CCCCCCCCCC(=O)CC=O.CCCCCCCCCCCC(=O)[O-].O=S(O)S(=O)O.[Na+]. The number of carboxylic acids is 1. The number of rotatable bonds is 21. The zero-order valence-corrected chi connectivity index (χ0v) is 25.8. The van der Waals surface area contributed by atoms with Crippen LogP contribution in [0.1, 0.15) is 136 Å². The Morgan fingerprint density at radius 3 is 1.26 bits per heavy atom. The van der Waals surface area contributed by atoms with Gasteiger partial charge in [0.25, 0.3) is 20.2 Å². The van der Waals surface area contributed by atoms with Gasteiger partial charge in [0.05, 0.1) is 6.42 Å². The summed E-state index contributed by atoms with van der Waals surface area (Å²) in [6.07, 6.45) is 21.1. The molecule has 0 rings (SSSR count). The third-order valence-corrected chi connectivity index (χ3v) is 5.95. The Hall–Kier alpha value is 0.0300. The molecule has 11 heteroatoms. The summed E-state index contributed by atoms with van der Waals surface area (Å²) in [4.78, 5) is 31.0. The van der Waals surface area contributed by atoms with Crippen molar-refractivity contribution in [1.82, 2.24) is 0 Å². The van der Waals surface area contributed by atoms with Crippen LogP contribution in [0.15, 0.2) is 0 Å². The molecule has 2 atom stereocenters. The number of aliphatic carboxylic acids is 1. The standard InChI is InChI=1S/C12H22O2.C12H24O2.Na.H2O4S2/c1-2-3-4-5-6-7-8-9-12(14)10-11-13;1-2-3-4-5-6-7-8-9-10-11-12(13)14;;1-5(2)6(3)4/h11H,2-10H2,1H3;2-11H2,1H3,(H,13,14);;(H,1,2)(H,3,4)/q;;+1;/p-1. The van der Waals surface area contributed by atoms with E-state index in [0.29, 0.717) is 12.7 Å². The molecular weight excluding hydrogens is 503 g/mol. The first-order valence-corrected chi connectivity index (χ1v) is 15.3. The molecule has 0 aliphatic heterocycles. The van der Waals surface area contributed by atoms with Crippen molar-refractivity contribution >= 4 is 38.3 Å². The van der Waals surface area contributed by atoms with Crippen molar-refractivity contribution in [2.45, 2.75) is 136 Å². The average molecular weight is 551 g/mol. The zero-order valence-electron chi connectivity index (χ0n) is 22.2. The van der Waals surface area contributed by atoms with Gasteiger partial charge in [0, 0.05) is 12.4 Å². The predicted molar refractivity (Wildman–Crippen MR) is 137 cm³/mol.